The van der Waals surface area contributed by atoms with Crippen LogP contribution in [0.15, 0.2) is 48.8 Å². The van der Waals surface area contributed by atoms with Crippen molar-refractivity contribution >= 4 is 11.6 Å². The summed E-state index contributed by atoms with van der Waals surface area (Å²) in [6.45, 7) is 2.25. The summed E-state index contributed by atoms with van der Waals surface area (Å²) in [4.78, 5) is 15.8. The van der Waals surface area contributed by atoms with Crippen LogP contribution in [0.1, 0.15) is 28.9 Å². The second kappa shape index (κ2) is 7.40. The van der Waals surface area contributed by atoms with Crippen molar-refractivity contribution in [1.29, 1.82) is 0 Å². The van der Waals surface area contributed by atoms with Gasteiger partial charge in [0.2, 0.25) is 0 Å². The van der Waals surface area contributed by atoms with Gasteiger partial charge in [0.1, 0.15) is 0 Å². The predicted molar refractivity (Wildman–Crippen MR) is 82.1 cm³/mol. The van der Waals surface area contributed by atoms with Crippen LogP contribution in [-0.2, 0) is 0 Å². The molecule has 0 fully saturated rings. The topological polar surface area (TPSA) is 74.2 Å². The number of amides is 1. The van der Waals surface area contributed by atoms with Crippen LogP contribution < -0.4 is 10.6 Å². The number of aliphatic hydroxyl groups excluding tert-OH is 1. The van der Waals surface area contributed by atoms with Gasteiger partial charge in [0.15, 0.2) is 0 Å². The zero-order valence-electron chi connectivity index (χ0n) is 11.9. The maximum Gasteiger partial charge on any atom is 0.251 e. The largest absolute Gasteiger partial charge is 0.395 e. The van der Waals surface area contributed by atoms with Crippen molar-refractivity contribution < 1.29 is 9.90 Å². The van der Waals surface area contributed by atoms with E-state index in [9.17, 15) is 4.79 Å². The lowest BCUT2D eigenvalue weighted by Gasteiger charge is -2.15. The summed E-state index contributed by atoms with van der Waals surface area (Å²) >= 11 is 0. The predicted octanol–water partition coefficient (Wildman–Crippen LogP) is 1.98. The van der Waals surface area contributed by atoms with Gasteiger partial charge in [-0.2, -0.15) is 0 Å². The summed E-state index contributed by atoms with van der Waals surface area (Å²) in [5.74, 6) is -0.184. The summed E-state index contributed by atoms with van der Waals surface area (Å²) in [5, 5.41) is 14.7. The Kier molecular flexibility index (Phi) is 5.29. The number of hydrogen-bond acceptors (Lipinski definition) is 4. The Hall–Kier alpha value is -2.40. The van der Waals surface area contributed by atoms with Gasteiger partial charge < -0.3 is 15.7 Å². The lowest BCUT2D eigenvalue weighted by molar-refractivity contribution is 0.0945. The van der Waals surface area contributed by atoms with Crippen LogP contribution in [0, 0.1) is 0 Å². The van der Waals surface area contributed by atoms with E-state index in [2.05, 4.69) is 22.5 Å². The summed E-state index contributed by atoms with van der Waals surface area (Å²) in [7, 11) is 0. The van der Waals surface area contributed by atoms with Gasteiger partial charge in [0, 0.05) is 30.2 Å². The lowest BCUT2D eigenvalue weighted by atomic mass is 10.1. The minimum atomic E-state index is -0.184. The Labute approximate surface area is 124 Å². The van der Waals surface area contributed by atoms with Crippen LogP contribution in [-0.4, -0.2) is 29.1 Å². The second-order valence-corrected chi connectivity index (χ2v) is 4.71. The fourth-order valence-electron chi connectivity index (χ4n) is 1.95. The van der Waals surface area contributed by atoms with Crippen LogP contribution in [0.25, 0.3) is 0 Å². The van der Waals surface area contributed by atoms with Crippen molar-refractivity contribution in [2.24, 2.45) is 0 Å². The second-order valence-electron chi connectivity index (χ2n) is 4.71. The van der Waals surface area contributed by atoms with Crippen molar-refractivity contribution in [2.45, 2.75) is 13.0 Å². The molecule has 1 unspecified atom stereocenters. The van der Waals surface area contributed by atoms with Crippen LogP contribution in [0.4, 0.5) is 5.69 Å². The number of nitrogens with zero attached hydrogens (tertiary/aromatic N) is 1. The molecule has 0 saturated carbocycles. The van der Waals surface area contributed by atoms with E-state index in [1.54, 1.807) is 18.3 Å². The Morgan fingerprint density at radius 3 is 2.67 bits per heavy atom. The van der Waals surface area contributed by atoms with Crippen LogP contribution in [0.5, 0.6) is 0 Å². The number of carbonyl (C=O) groups excluding carboxylic acids is 1. The molecular formula is C16H19N3O2. The van der Waals surface area contributed by atoms with Gasteiger partial charge in [-0.1, -0.05) is 6.07 Å². The Balaban J connectivity index is 1.98. The molecule has 0 spiro atoms. The van der Waals surface area contributed by atoms with Crippen LogP contribution in [0.3, 0.4) is 0 Å². The average Bonchev–Trinajstić information content (AvgIpc) is 2.54. The number of carbonyl (C=O) groups is 1. The molecule has 0 saturated heterocycles. The first kappa shape index (κ1) is 15.0. The molecule has 3 N–H and O–H groups in total. The van der Waals surface area contributed by atoms with E-state index in [-0.39, 0.29) is 25.1 Å². The number of rotatable bonds is 6. The molecule has 0 radical (unpaired) electrons. The number of anilines is 1. The third kappa shape index (κ3) is 4.29. The smallest absolute Gasteiger partial charge is 0.251 e. The molecule has 0 aliphatic carbocycles. The lowest BCUT2D eigenvalue weighted by Crippen LogP contribution is -2.26. The highest BCUT2D eigenvalue weighted by Gasteiger charge is 2.07. The highest BCUT2D eigenvalue weighted by Crippen LogP contribution is 2.18. The quantitative estimate of drug-likeness (QED) is 0.758. The molecule has 0 aliphatic heterocycles. The van der Waals surface area contributed by atoms with Gasteiger partial charge >= 0.3 is 0 Å². The molecule has 21 heavy (non-hydrogen) atoms. The maximum atomic E-state index is 11.7. The maximum absolute atomic E-state index is 11.7. The Morgan fingerprint density at radius 1 is 1.29 bits per heavy atom. The monoisotopic (exact) mass is 285 g/mol. The zero-order valence-corrected chi connectivity index (χ0v) is 11.9. The molecule has 1 heterocycles. The Bertz CT molecular complexity index is 570. The SMILES string of the molecule is CC(Nc1ccc(C(=O)NCCO)cc1)c1cccnc1. The highest BCUT2D eigenvalue weighted by molar-refractivity contribution is 5.94. The van der Waals surface area contributed by atoms with E-state index < -0.39 is 0 Å². The molecule has 5 heteroatoms. The minimum absolute atomic E-state index is 0.0615. The van der Waals surface area contributed by atoms with E-state index in [0.717, 1.165) is 11.3 Å². The molecule has 0 bridgehead atoms. The third-order valence-electron chi connectivity index (χ3n) is 3.11. The summed E-state index contributed by atoms with van der Waals surface area (Å²) in [6.07, 6.45) is 3.57. The number of aliphatic hydroxyl groups is 1. The van der Waals surface area contributed by atoms with E-state index in [0.29, 0.717) is 5.56 Å². The molecule has 1 aromatic carbocycles. The normalized spacial score (nSPS) is 11.7. The molecule has 0 aliphatic rings. The average molecular weight is 285 g/mol. The van der Waals surface area contributed by atoms with E-state index in [1.807, 2.05) is 30.5 Å². The molecule has 2 aromatic rings. The molecular weight excluding hydrogens is 266 g/mol. The summed E-state index contributed by atoms with van der Waals surface area (Å²) in [6, 6.07) is 11.3. The van der Waals surface area contributed by atoms with Gasteiger partial charge in [0.25, 0.3) is 5.91 Å². The molecule has 2 rings (SSSR count). The standard InChI is InChI=1S/C16H19N3O2/c1-12(14-3-2-8-17-11-14)19-15-6-4-13(5-7-15)16(21)18-9-10-20/h2-8,11-12,19-20H,9-10H2,1H3,(H,18,21). The molecule has 110 valence electrons. The summed E-state index contributed by atoms with van der Waals surface area (Å²) < 4.78 is 0. The molecule has 1 amide bonds. The van der Waals surface area contributed by atoms with E-state index >= 15 is 0 Å². The highest BCUT2D eigenvalue weighted by atomic mass is 16.3. The van der Waals surface area contributed by atoms with Crippen LogP contribution >= 0.6 is 0 Å². The molecule has 5 nitrogen and oxygen atoms in total. The van der Waals surface area contributed by atoms with Gasteiger partial charge in [-0.15, -0.1) is 0 Å². The van der Waals surface area contributed by atoms with Crippen molar-refractivity contribution in [2.75, 3.05) is 18.5 Å². The van der Waals surface area contributed by atoms with Crippen molar-refractivity contribution in [3.05, 3.63) is 59.9 Å². The molecule has 1 aromatic heterocycles. The van der Waals surface area contributed by atoms with Gasteiger partial charge in [-0.25, -0.2) is 0 Å². The third-order valence-corrected chi connectivity index (χ3v) is 3.11. The van der Waals surface area contributed by atoms with E-state index in [4.69, 9.17) is 5.11 Å². The molecule has 1 atom stereocenters. The first-order valence-electron chi connectivity index (χ1n) is 6.86. The summed E-state index contributed by atoms with van der Waals surface area (Å²) in [5.41, 5.74) is 2.61. The number of nitrogens with one attached hydrogen (secondary N) is 2. The van der Waals surface area contributed by atoms with Crippen molar-refractivity contribution in [3.8, 4) is 0 Å². The number of aromatic nitrogens is 1. The van der Waals surface area contributed by atoms with Gasteiger partial charge in [-0.3, -0.25) is 9.78 Å². The first-order chi connectivity index (χ1) is 10.2. The zero-order chi connectivity index (χ0) is 15.1. The first-order valence-corrected chi connectivity index (χ1v) is 6.86. The van der Waals surface area contributed by atoms with E-state index in [1.165, 1.54) is 0 Å². The number of hydrogen-bond donors (Lipinski definition) is 3. The fraction of sp³-hybridized carbons (Fsp3) is 0.250. The van der Waals surface area contributed by atoms with Crippen LogP contribution in [0.2, 0.25) is 0 Å². The van der Waals surface area contributed by atoms with Crippen molar-refractivity contribution in [1.82, 2.24) is 10.3 Å². The van der Waals surface area contributed by atoms with Crippen molar-refractivity contribution in [3.63, 3.8) is 0 Å². The Morgan fingerprint density at radius 2 is 2.05 bits per heavy atom. The van der Waals surface area contributed by atoms with Gasteiger partial charge in [-0.05, 0) is 42.8 Å². The minimum Gasteiger partial charge on any atom is -0.395 e. The fourth-order valence-corrected chi connectivity index (χ4v) is 1.95. The van der Waals surface area contributed by atoms with Gasteiger partial charge in [0.05, 0.1) is 12.6 Å². The number of benzene rings is 1. The number of pyridine rings is 1.